The second kappa shape index (κ2) is 6.64. The summed E-state index contributed by atoms with van der Waals surface area (Å²) in [6.07, 6.45) is 9.85. The van der Waals surface area contributed by atoms with Crippen LogP contribution in [0.15, 0.2) is 0 Å². The predicted molar refractivity (Wildman–Crippen MR) is 71.5 cm³/mol. The monoisotopic (exact) mass is 257 g/mol. The van der Waals surface area contributed by atoms with Gasteiger partial charge in [-0.15, -0.1) is 0 Å². The third-order valence-electron chi connectivity index (χ3n) is 3.62. The van der Waals surface area contributed by atoms with Crippen LogP contribution in [-0.2, 0) is 4.79 Å². The maximum Gasteiger partial charge on any atom is 0.320 e. The maximum absolute atomic E-state index is 11.1. The van der Waals surface area contributed by atoms with Crippen LogP contribution in [0.2, 0.25) is 0 Å². The fraction of sp³-hybridized carbons (Fsp3) is 0.923. The van der Waals surface area contributed by atoms with E-state index in [2.05, 4.69) is 5.32 Å². The third-order valence-corrected chi connectivity index (χ3v) is 5.04. The molecule has 0 aromatic heterocycles. The van der Waals surface area contributed by atoms with Crippen molar-refractivity contribution in [1.29, 1.82) is 0 Å². The van der Waals surface area contributed by atoms with Crippen LogP contribution in [0.1, 0.15) is 51.4 Å². The van der Waals surface area contributed by atoms with Crippen LogP contribution < -0.4 is 5.32 Å². The van der Waals surface area contributed by atoms with Crippen molar-refractivity contribution in [2.45, 2.75) is 68.7 Å². The summed E-state index contributed by atoms with van der Waals surface area (Å²) < 4.78 is 0. The average Bonchev–Trinajstić information content (AvgIpc) is 3.13. The van der Waals surface area contributed by atoms with E-state index in [4.69, 9.17) is 5.11 Å². The normalized spacial score (nSPS) is 23.5. The van der Waals surface area contributed by atoms with E-state index < -0.39 is 5.97 Å². The van der Waals surface area contributed by atoms with Crippen molar-refractivity contribution in [2.24, 2.45) is 0 Å². The van der Waals surface area contributed by atoms with Gasteiger partial charge in [-0.2, -0.15) is 11.8 Å². The molecule has 1 atom stereocenters. The van der Waals surface area contributed by atoms with E-state index in [1.54, 1.807) is 0 Å². The number of rotatable bonds is 7. The molecule has 2 rings (SSSR count). The minimum Gasteiger partial charge on any atom is -0.480 e. The number of hydrogen-bond donors (Lipinski definition) is 2. The molecule has 98 valence electrons. The molecule has 2 saturated carbocycles. The van der Waals surface area contributed by atoms with E-state index >= 15 is 0 Å². The van der Waals surface area contributed by atoms with Gasteiger partial charge in [0, 0.05) is 11.3 Å². The molecule has 1 unspecified atom stereocenters. The van der Waals surface area contributed by atoms with Gasteiger partial charge in [0.05, 0.1) is 0 Å². The second-order valence-corrected chi connectivity index (χ2v) is 6.66. The summed E-state index contributed by atoms with van der Waals surface area (Å²) in [5.74, 6) is 0.308. The molecule has 0 bridgehead atoms. The molecule has 2 N–H and O–H groups in total. The molecule has 2 aliphatic rings. The van der Waals surface area contributed by atoms with E-state index in [1.807, 2.05) is 11.8 Å². The zero-order valence-electron chi connectivity index (χ0n) is 10.4. The number of aliphatic carboxylic acids is 1. The highest BCUT2D eigenvalue weighted by Crippen LogP contribution is 2.29. The van der Waals surface area contributed by atoms with E-state index in [9.17, 15) is 4.79 Å². The summed E-state index contributed by atoms with van der Waals surface area (Å²) in [4.78, 5) is 11.1. The Morgan fingerprint density at radius 1 is 1.24 bits per heavy atom. The molecule has 0 amide bonds. The first kappa shape index (κ1) is 13.2. The topological polar surface area (TPSA) is 49.3 Å². The first-order chi connectivity index (χ1) is 8.25. The van der Waals surface area contributed by atoms with Crippen LogP contribution in [0.4, 0.5) is 0 Å². The minimum absolute atomic E-state index is 0.321. The lowest BCUT2D eigenvalue weighted by atomic mass is 10.0. The molecule has 0 spiro atoms. The fourth-order valence-corrected chi connectivity index (χ4v) is 3.77. The molecule has 2 aliphatic carbocycles. The number of carboxylic acids is 1. The number of carbonyl (C=O) groups is 1. The molecule has 0 aromatic rings. The van der Waals surface area contributed by atoms with Crippen LogP contribution in [0.25, 0.3) is 0 Å². The summed E-state index contributed by atoms with van der Waals surface area (Å²) >= 11 is 1.99. The predicted octanol–water partition coefficient (Wildman–Crippen LogP) is 2.65. The number of carboxylic acid groups (broad SMARTS) is 1. The molecule has 2 fully saturated rings. The Kier molecular flexibility index (Phi) is 5.16. The first-order valence-electron chi connectivity index (χ1n) is 6.86. The van der Waals surface area contributed by atoms with Crippen LogP contribution in [0.5, 0.6) is 0 Å². The molecule has 3 nitrogen and oxygen atoms in total. The Balaban J connectivity index is 1.62. The molecule has 0 saturated heterocycles. The van der Waals surface area contributed by atoms with E-state index in [1.165, 1.54) is 32.1 Å². The largest absolute Gasteiger partial charge is 0.480 e. The highest BCUT2D eigenvalue weighted by molar-refractivity contribution is 7.99. The van der Waals surface area contributed by atoms with E-state index in [-0.39, 0.29) is 6.04 Å². The minimum atomic E-state index is -0.679. The molecular weight excluding hydrogens is 234 g/mol. The lowest BCUT2D eigenvalue weighted by Crippen LogP contribution is -2.38. The SMILES string of the molecule is O=C(O)C(CCSC1CCCCC1)NC1CC1. The highest BCUT2D eigenvalue weighted by atomic mass is 32.2. The van der Waals surface area contributed by atoms with Crippen LogP contribution in [0, 0.1) is 0 Å². The molecule has 0 aliphatic heterocycles. The Morgan fingerprint density at radius 3 is 2.53 bits per heavy atom. The van der Waals surface area contributed by atoms with E-state index in [0.29, 0.717) is 6.04 Å². The van der Waals surface area contributed by atoms with Gasteiger partial charge < -0.3 is 10.4 Å². The van der Waals surface area contributed by atoms with Gasteiger partial charge in [-0.3, -0.25) is 4.79 Å². The maximum atomic E-state index is 11.1. The smallest absolute Gasteiger partial charge is 0.320 e. The van der Waals surface area contributed by atoms with Gasteiger partial charge in [-0.1, -0.05) is 19.3 Å². The summed E-state index contributed by atoms with van der Waals surface area (Å²) in [5.41, 5.74) is 0. The van der Waals surface area contributed by atoms with Gasteiger partial charge in [0.2, 0.25) is 0 Å². The van der Waals surface area contributed by atoms with Crippen LogP contribution >= 0.6 is 11.8 Å². The molecule has 0 radical (unpaired) electrons. The lowest BCUT2D eigenvalue weighted by molar-refractivity contribution is -0.139. The Morgan fingerprint density at radius 2 is 1.94 bits per heavy atom. The van der Waals surface area contributed by atoms with Gasteiger partial charge in [0.25, 0.3) is 0 Å². The molecular formula is C13H23NO2S. The third kappa shape index (κ3) is 4.88. The first-order valence-corrected chi connectivity index (χ1v) is 7.91. The van der Waals surface area contributed by atoms with Crippen molar-refractivity contribution in [2.75, 3.05) is 5.75 Å². The fourth-order valence-electron chi connectivity index (χ4n) is 2.40. The van der Waals surface area contributed by atoms with Gasteiger partial charge in [0.1, 0.15) is 6.04 Å². The quantitative estimate of drug-likeness (QED) is 0.736. The Labute approximate surface area is 108 Å². The average molecular weight is 257 g/mol. The summed E-state index contributed by atoms with van der Waals surface area (Å²) in [7, 11) is 0. The van der Waals surface area contributed by atoms with Crippen molar-refractivity contribution < 1.29 is 9.90 Å². The van der Waals surface area contributed by atoms with Gasteiger partial charge in [0.15, 0.2) is 0 Å². The van der Waals surface area contributed by atoms with Crippen LogP contribution in [-0.4, -0.2) is 34.2 Å². The van der Waals surface area contributed by atoms with Gasteiger partial charge in [-0.05, 0) is 37.9 Å². The van der Waals surface area contributed by atoms with Crippen LogP contribution in [0.3, 0.4) is 0 Å². The Bertz CT molecular complexity index is 250. The van der Waals surface area contributed by atoms with Gasteiger partial charge in [-0.25, -0.2) is 0 Å². The summed E-state index contributed by atoms with van der Waals surface area (Å²) in [6.45, 7) is 0. The summed E-state index contributed by atoms with van der Waals surface area (Å²) in [6, 6.07) is 0.161. The standard InChI is InChI=1S/C13H23NO2S/c15-13(16)12(14-10-6-7-10)8-9-17-11-4-2-1-3-5-11/h10-12,14H,1-9H2,(H,15,16). The molecule has 0 heterocycles. The van der Waals surface area contributed by atoms with Gasteiger partial charge >= 0.3 is 5.97 Å². The number of hydrogen-bond acceptors (Lipinski definition) is 3. The van der Waals surface area contributed by atoms with Crippen molar-refractivity contribution in [3.8, 4) is 0 Å². The van der Waals surface area contributed by atoms with Crippen molar-refractivity contribution in [1.82, 2.24) is 5.32 Å². The lowest BCUT2D eigenvalue weighted by Gasteiger charge is -2.22. The van der Waals surface area contributed by atoms with Crippen molar-refractivity contribution in [3.63, 3.8) is 0 Å². The molecule has 4 heteroatoms. The van der Waals surface area contributed by atoms with Crippen molar-refractivity contribution >= 4 is 17.7 Å². The van der Waals surface area contributed by atoms with E-state index in [0.717, 1.165) is 30.3 Å². The molecule has 0 aromatic carbocycles. The molecule has 17 heavy (non-hydrogen) atoms. The highest BCUT2D eigenvalue weighted by Gasteiger charge is 2.28. The Hall–Kier alpha value is -0.220. The summed E-state index contributed by atoms with van der Waals surface area (Å²) in [5, 5.41) is 13.1. The zero-order chi connectivity index (χ0) is 12.1. The zero-order valence-corrected chi connectivity index (χ0v) is 11.2. The number of nitrogens with one attached hydrogen (secondary N) is 1. The number of thioether (sulfide) groups is 1. The van der Waals surface area contributed by atoms with Crippen molar-refractivity contribution in [3.05, 3.63) is 0 Å². The second-order valence-electron chi connectivity index (χ2n) is 5.25.